The van der Waals surface area contributed by atoms with Crippen molar-refractivity contribution in [2.24, 2.45) is 0 Å². The van der Waals surface area contributed by atoms with E-state index in [1.807, 2.05) is 24.5 Å². The van der Waals surface area contributed by atoms with E-state index in [2.05, 4.69) is 21.3 Å². The molecule has 1 aromatic carbocycles. The van der Waals surface area contributed by atoms with E-state index >= 15 is 0 Å². The number of carbonyl (C=O) groups is 9. The summed E-state index contributed by atoms with van der Waals surface area (Å²) < 4.78 is 25.8. The van der Waals surface area contributed by atoms with Crippen LogP contribution in [0.3, 0.4) is 0 Å². The standard InChI is InChI=1S/C34H50N8O11/c1-3-12-41(13-4-2)32(49)23-52-22-30(47)37-17-26(43)35-15-27(44)38-19-31(48)42-14-8-11-25(42)34(51)40-18-29(46)36-16-28(45)39-20-33(50)53-21-24-9-6-5-7-10-24/h5-7,9-10,25H,3-4,8,11-23H2,1-2H3,(H,35,43)(H,36,46)(H,37,47)(H,38,44)(H,39,45)(H,40,51)/t25-/m0/s1/i16D2. The van der Waals surface area contributed by atoms with E-state index in [9.17, 15) is 43.2 Å². The van der Waals surface area contributed by atoms with E-state index in [0.717, 1.165) is 12.8 Å². The number of hydrogen-bond donors (Lipinski definition) is 6. The number of amides is 8. The Morgan fingerprint density at radius 1 is 0.736 bits per heavy atom. The minimum Gasteiger partial charge on any atom is -0.460 e. The van der Waals surface area contributed by atoms with Gasteiger partial charge in [0.2, 0.25) is 47.3 Å². The molecule has 1 fully saturated rings. The Morgan fingerprint density at radius 3 is 1.98 bits per heavy atom. The molecule has 0 saturated carbocycles. The Labute approximate surface area is 310 Å². The van der Waals surface area contributed by atoms with Crippen molar-refractivity contribution in [2.45, 2.75) is 52.2 Å². The fraction of sp³-hybridized carbons (Fsp3) is 0.559. The molecule has 1 saturated heterocycles. The van der Waals surface area contributed by atoms with Gasteiger partial charge in [-0.05, 0) is 31.2 Å². The highest BCUT2D eigenvalue weighted by Gasteiger charge is 2.34. The third kappa shape index (κ3) is 17.9. The SMILES string of the molecule is [2H]C([2H])(NC(=O)CNC(=O)[C@@H]1CCCN1C(=O)CNC(=O)CNC(=O)CNC(=O)COCC(=O)N(CCC)CCC)C(=O)NCC(=O)OCc1ccccc1. The normalized spacial score (nSPS) is 14.1. The minimum absolute atomic E-state index is 0.0528. The number of likely N-dealkylation sites (tertiary alicyclic amines) is 1. The van der Waals surface area contributed by atoms with Crippen LogP contribution >= 0.6 is 0 Å². The lowest BCUT2D eigenvalue weighted by molar-refractivity contribution is -0.145. The maximum absolute atomic E-state index is 12.8. The fourth-order valence-electron chi connectivity index (χ4n) is 4.81. The van der Waals surface area contributed by atoms with Crippen molar-refractivity contribution in [3.63, 3.8) is 0 Å². The topological polar surface area (TPSA) is 251 Å². The van der Waals surface area contributed by atoms with Crippen LogP contribution in [0.2, 0.25) is 0 Å². The first kappa shape index (κ1) is 40.2. The third-order valence-corrected chi connectivity index (χ3v) is 7.38. The molecule has 292 valence electrons. The molecule has 1 aliphatic rings. The van der Waals surface area contributed by atoms with Crippen molar-refractivity contribution in [3.8, 4) is 0 Å². The lowest BCUT2D eigenvalue weighted by atomic mass is 10.2. The van der Waals surface area contributed by atoms with Gasteiger partial charge in [0.1, 0.15) is 32.4 Å². The summed E-state index contributed by atoms with van der Waals surface area (Å²) in [6.45, 7) is -1.36. The van der Waals surface area contributed by atoms with Gasteiger partial charge in [0.15, 0.2) is 0 Å². The number of hydrogen-bond acceptors (Lipinski definition) is 11. The molecule has 0 unspecified atom stereocenters. The molecule has 0 radical (unpaired) electrons. The van der Waals surface area contributed by atoms with Gasteiger partial charge in [0.25, 0.3) is 0 Å². The molecule has 0 bridgehead atoms. The predicted octanol–water partition coefficient (Wildman–Crippen LogP) is -2.92. The van der Waals surface area contributed by atoms with Crippen LogP contribution in [0.4, 0.5) is 0 Å². The van der Waals surface area contributed by atoms with Crippen LogP contribution < -0.4 is 31.9 Å². The summed E-state index contributed by atoms with van der Waals surface area (Å²) in [5.41, 5.74) is 0.708. The maximum Gasteiger partial charge on any atom is 0.325 e. The van der Waals surface area contributed by atoms with E-state index in [-0.39, 0.29) is 32.1 Å². The van der Waals surface area contributed by atoms with Gasteiger partial charge in [-0.25, -0.2) is 0 Å². The van der Waals surface area contributed by atoms with Gasteiger partial charge >= 0.3 is 5.97 Å². The Balaban J connectivity index is 1.65. The lowest BCUT2D eigenvalue weighted by Crippen LogP contribution is -2.51. The smallest absolute Gasteiger partial charge is 0.325 e. The Kier molecular flexibility index (Phi) is 18.6. The number of carbonyl (C=O) groups excluding carboxylic acids is 9. The zero-order valence-electron chi connectivity index (χ0n) is 32.0. The van der Waals surface area contributed by atoms with E-state index in [0.29, 0.717) is 25.1 Å². The maximum atomic E-state index is 12.8. The molecule has 0 spiro atoms. The monoisotopic (exact) mass is 748 g/mol. The van der Waals surface area contributed by atoms with Gasteiger partial charge < -0.3 is 51.2 Å². The number of esters is 1. The van der Waals surface area contributed by atoms with Crippen molar-refractivity contribution in [1.29, 1.82) is 0 Å². The molecule has 53 heavy (non-hydrogen) atoms. The number of nitrogens with zero attached hydrogens (tertiary/aromatic N) is 2. The van der Waals surface area contributed by atoms with Crippen molar-refractivity contribution < 1.29 is 55.4 Å². The quantitative estimate of drug-likeness (QED) is 0.0619. The first-order chi connectivity index (χ1) is 26.2. The summed E-state index contributed by atoms with van der Waals surface area (Å²) in [6.07, 6.45) is 2.26. The number of ether oxygens (including phenoxy) is 2. The highest BCUT2D eigenvalue weighted by molar-refractivity contribution is 5.94. The molecular weight excluding hydrogens is 696 g/mol. The second-order valence-corrected chi connectivity index (χ2v) is 11.7. The van der Waals surface area contributed by atoms with Gasteiger partial charge in [0.05, 0.1) is 35.4 Å². The van der Waals surface area contributed by atoms with E-state index in [1.54, 1.807) is 35.2 Å². The zero-order valence-corrected chi connectivity index (χ0v) is 30.0. The second-order valence-electron chi connectivity index (χ2n) is 11.7. The first-order valence-corrected chi connectivity index (χ1v) is 17.2. The summed E-state index contributed by atoms with van der Waals surface area (Å²) in [5, 5.41) is 13.1. The van der Waals surface area contributed by atoms with Gasteiger partial charge in [-0.2, -0.15) is 0 Å². The van der Waals surface area contributed by atoms with Crippen molar-refractivity contribution in [1.82, 2.24) is 41.7 Å². The number of benzene rings is 1. The summed E-state index contributed by atoms with van der Waals surface area (Å²) in [6, 6.07) is 7.74. The fourth-order valence-corrected chi connectivity index (χ4v) is 4.81. The zero-order chi connectivity index (χ0) is 40.8. The first-order valence-electron chi connectivity index (χ1n) is 18.2. The molecule has 2 rings (SSSR count). The summed E-state index contributed by atoms with van der Waals surface area (Å²) in [5.74, 6) is -6.86. The third-order valence-electron chi connectivity index (χ3n) is 7.38. The summed E-state index contributed by atoms with van der Waals surface area (Å²) in [4.78, 5) is 113. The van der Waals surface area contributed by atoms with Gasteiger partial charge in [-0.1, -0.05) is 44.2 Å². The molecule has 19 nitrogen and oxygen atoms in total. The van der Waals surface area contributed by atoms with Crippen LogP contribution in [-0.4, -0.2) is 141 Å². The van der Waals surface area contributed by atoms with Gasteiger partial charge in [0, 0.05) is 19.6 Å². The van der Waals surface area contributed by atoms with Crippen LogP contribution in [0.5, 0.6) is 0 Å². The average Bonchev–Trinajstić information content (AvgIpc) is 3.66. The highest BCUT2D eigenvalue weighted by Crippen LogP contribution is 2.17. The Morgan fingerprint density at radius 2 is 1.32 bits per heavy atom. The van der Waals surface area contributed by atoms with Crippen LogP contribution in [-0.2, 0) is 59.2 Å². The molecule has 6 N–H and O–H groups in total. The molecule has 0 aliphatic carbocycles. The van der Waals surface area contributed by atoms with Crippen LogP contribution in [0.15, 0.2) is 30.3 Å². The molecule has 1 heterocycles. The molecule has 1 aliphatic heterocycles. The number of nitrogens with one attached hydrogen (secondary N) is 6. The molecule has 0 aromatic heterocycles. The molecule has 1 atom stereocenters. The molecular formula is C34H50N8O11. The van der Waals surface area contributed by atoms with E-state index in [1.165, 1.54) is 4.90 Å². The van der Waals surface area contributed by atoms with Gasteiger partial charge in [-0.3, -0.25) is 43.2 Å². The Hall–Kier alpha value is -5.59. The molecule has 8 amide bonds. The van der Waals surface area contributed by atoms with Crippen molar-refractivity contribution in [2.75, 3.05) is 72.1 Å². The highest BCUT2D eigenvalue weighted by atomic mass is 16.5. The van der Waals surface area contributed by atoms with Crippen molar-refractivity contribution in [3.05, 3.63) is 35.9 Å². The van der Waals surface area contributed by atoms with Crippen molar-refractivity contribution >= 4 is 53.2 Å². The largest absolute Gasteiger partial charge is 0.460 e. The second kappa shape index (κ2) is 24.6. The van der Waals surface area contributed by atoms with Crippen LogP contribution in [0.25, 0.3) is 0 Å². The summed E-state index contributed by atoms with van der Waals surface area (Å²) in [7, 11) is 0. The molecule has 19 heteroatoms. The summed E-state index contributed by atoms with van der Waals surface area (Å²) >= 11 is 0. The van der Waals surface area contributed by atoms with Gasteiger partial charge in [-0.15, -0.1) is 0 Å². The van der Waals surface area contributed by atoms with Crippen LogP contribution in [0.1, 0.15) is 47.8 Å². The van der Waals surface area contributed by atoms with E-state index in [4.69, 9.17) is 12.2 Å². The predicted molar refractivity (Wildman–Crippen MR) is 187 cm³/mol. The number of rotatable bonds is 23. The van der Waals surface area contributed by atoms with Crippen LogP contribution in [0, 0.1) is 0 Å². The Bertz CT molecular complexity index is 1510. The average molecular weight is 749 g/mol. The molecule has 1 aromatic rings. The van der Waals surface area contributed by atoms with E-state index < -0.39 is 99.2 Å². The lowest BCUT2D eigenvalue weighted by Gasteiger charge is -2.24. The minimum atomic E-state index is -2.94.